The molecule has 0 saturated heterocycles. The molecule has 2 N–H and O–H groups in total. The van der Waals surface area contributed by atoms with Gasteiger partial charge in [0.2, 0.25) is 0 Å². The molecule has 0 spiro atoms. The Morgan fingerprint density at radius 2 is 1.52 bits per heavy atom. The second kappa shape index (κ2) is 16.0. The van der Waals surface area contributed by atoms with Gasteiger partial charge in [0.05, 0.1) is 6.10 Å². The molecule has 0 aromatic heterocycles. The van der Waals surface area contributed by atoms with Gasteiger partial charge in [-0.25, -0.2) is 0 Å². The molecule has 0 rings (SSSR count). The Bertz CT molecular complexity index is 228. The zero-order valence-electron chi connectivity index (χ0n) is 14.6. The summed E-state index contributed by atoms with van der Waals surface area (Å²) in [6.07, 6.45) is 14.7. The number of hydrogen-bond acceptors (Lipinski definition) is 2. The van der Waals surface area contributed by atoms with Crippen molar-refractivity contribution in [3.8, 4) is 0 Å². The lowest BCUT2D eigenvalue weighted by Gasteiger charge is -2.12. The van der Waals surface area contributed by atoms with Gasteiger partial charge in [-0.3, -0.25) is 0 Å². The van der Waals surface area contributed by atoms with E-state index in [1.807, 2.05) is 0 Å². The van der Waals surface area contributed by atoms with Crippen LogP contribution in [0.5, 0.6) is 0 Å². The summed E-state index contributed by atoms with van der Waals surface area (Å²) < 4.78 is 0. The summed E-state index contributed by atoms with van der Waals surface area (Å²) in [4.78, 5) is 0. The van der Waals surface area contributed by atoms with E-state index in [2.05, 4.69) is 25.7 Å². The molecule has 21 heavy (non-hydrogen) atoms. The van der Waals surface area contributed by atoms with E-state index in [4.69, 9.17) is 0 Å². The Labute approximate surface area is 133 Å². The van der Waals surface area contributed by atoms with Crippen LogP contribution in [-0.2, 0) is 0 Å². The van der Waals surface area contributed by atoms with Crippen LogP contribution in [0.15, 0.2) is 12.2 Å². The average Bonchev–Trinajstić information content (AvgIpc) is 2.47. The van der Waals surface area contributed by atoms with Gasteiger partial charge in [0.25, 0.3) is 0 Å². The van der Waals surface area contributed by atoms with Gasteiger partial charge in [0.15, 0.2) is 0 Å². The largest absolute Gasteiger partial charge is 0.392 e. The number of nitrogens with one attached hydrogen (secondary N) is 1. The van der Waals surface area contributed by atoms with E-state index in [1.165, 1.54) is 63.4 Å². The van der Waals surface area contributed by atoms with Crippen LogP contribution in [0.1, 0.15) is 90.9 Å². The van der Waals surface area contributed by atoms with E-state index in [0.717, 1.165) is 32.4 Å². The summed E-state index contributed by atoms with van der Waals surface area (Å²) in [6, 6.07) is 0. The summed E-state index contributed by atoms with van der Waals surface area (Å²) in [7, 11) is 0. The topological polar surface area (TPSA) is 32.3 Å². The van der Waals surface area contributed by atoms with Crippen LogP contribution in [0.3, 0.4) is 0 Å². The van der Waals surface area contributed by atoms with Crippen molar-refractivity contribution in [2.24, 2.45) is 0 Å². The number of aliphatic hydroxyl groups excluding tert-OH is 1. The van der Waals surface area contributed by atoms with Crippen LogP contribution in [-0.4, -0.2) is 24.3 Å². The minimum atomic E-state index is -0.176. The zero-order chi connectivity index (χ0) is 15.8. The van der Waals surface area contributed by atoms with Crippen LogP contribution >= 0.6 is 0 Å². The van der Waals surface area contributed by atoms with E-state index >= 15 is 0 Å². The van der Waals surface area contributed by atoms with Crippen LogP contribution in [0.2, 0.25) is 0 Å². The SMILES string of the molecule is C=C(CCC)CCNCC(O)CCCCCCCCCC. The molecule has 0 radical (unpaired) electrons. The number of hydrogen-bond donors (Lipinski definition) is 2. The molecule has 2 heteroatoms. The van der Waals surface area contributed by atoms with Crippen molar-refractivity contribution in [2.75, 3.05) is 13.1 Å². The summed E-state index contributed by atoms with van der Waals surface area (Å²) in [5.41, 5.74) is 1.32. The third kappa shape index (κ3) is 15.9. The summed E-state index contributed by atoms with van der Waals surface area (Å²) in [6.45, 7) is 10.2. The van der Waals surface area contributed by atoms with Gasteiger partial charge in [0, 0.05) is 6.54 Å². The third-order valence-corrected chi connectivity index (χ3v) is 4.03. The van der Waals surface area contributed by atoms with Gasteiger partial charge in [-0.1, -0.05) is 83.8 Å². The predicted molar refractivity (Wildman–Crippen MR) is 94.8 cm³/mol. The molecule has 0 bridgehead atoms. The Morgan fingerprint density at radius 1 is 0.905 bits per heavy atom. The first-order chi connectivity index (χ1) is 10.2. The smallest absolute Gasteiger partial charge is 0.0664 e. The lowest BCUT2D eigenvalue weighted by molar-refractivity contribution is 0.158. The minimum Gasteiger partial charge on any atom is -0.392 e. The van der Waals surface area contributed by atoms with E-state index in [-0.39, 0.29) is 6.10 Å². The van der Waals surface area contributed by atoms with Crippen molar-refractivity contribution in [3.05, 3.63) is 12.2 Å². The fraction of sp³-hybridized carbons (Fsp3) is 0.895. The lowest BCUT2D eigenvalue weighted by atomic mass is 10.1. The Morgan fingerprint density at radius 3 is 2.14 bits per heavy atom. The summed E-state index contributed by atoms with van der Waals surface area (Å²) in [5, 5.41) is 13.2. The van der Waals surface area contributed by atoms with Gasteiger partial charge in [0.1, 0.15) is 0 Å². The molecule has 0 aliphatic heterocycles. The molecule has 0 aliphatic carbocycles. The molecule has 126 valence electrons. The Hall–Kier alpha value is -0.340. The normalized spacial score (nSPS) is 12.5. The first-order valence-corrected chi connectivity index (χ1v) is 9.26. The van der Waals surface area contributed by atoms with Gasteiger partial charge in [-0.2, -0.15) is 0 Å². The Kier molecular flexibility index (Phi) is 15.8. The fourth-order valence-electron chi connectivity index (χ4n) is 2.63. The standard InChI is InChI=1S/C19H39NO/c1-4-6-7-8-9-10-11-12-14-19(21)17-20-16-15-18(3)13-5-2/h19-21H,3-17H2,1-2H3. The molecule has 0 fully saturated rings. The fourth-order valence-corrected chi connectivity index (χ4v) is 2.63. The second-order valence-corrected chi connectivity index (χ2v) is 6.37. The molecule has 2 nitrogen and oxygen atoms in total. The maximum absolute atomic E-state index is 9.91. The molecular formula is C19H39NO. The molecule has 1 atom stereocenters. The summed E-state index contributed by atoms with van der Waals surface area (Å²) in [5.74, 6) is 0. The van der Waals surface area contributed by atoms with E-state index < -0.39 is 0 Å². The number of aliphatic hydroxyl groups is 1. The lowest BCUT2D eigenvalue weighted by Crippen LogP contribution is -2.27. The highest BCUT2D eigenvalue weighted by atomic mass is 16.3. The second-order valence-electron chi connectivity index (χ2n) is 6.37. The monoisotopic (exact) mass is 297 g/mol. The maximum Gasteiger partial charge on any atom is 0.0664 e. The van der Waals surface area contributed by atoms with Crippen molar-refractivity contribution >= 4 is 0 Å². The van der Waals surface area contributed by atoms with Crippen LogP contribution in [0, 0.1) is 0 Å². The van der Waals surface area contributed by atoms with E-state index in [1.54, 1.807) is 0 Å². The highest BCUT2D eigenvalue weighted by Gasteiger charge is 2.03. The minimum absolute atomic E-state index is 0.176. The summed E-state index contributed by atoms with van der Waals surface area (Å²) >= 11 is 0. The van der Waals surface area contributed by atoms with Crippen molar-refractivity contribution in [2.45, 2.75) is 97.0 Å². The molecular weight excluding hydrogens is 258 g/mol. The molecule has 0 aliphatic rings. The first kappa shape index (κ1) is 20.7. The predicted octanol–water partition coefficient (Wildman–Crippen LogP) is 5.21. The maximum atomic E-state index is 9.91. The molecule has 0 amide bonds. The Balaban J connectivity index is 3.23. The molecule has 0 aromatic carbocycles. The van der Waals surface area contributed by atoms with Crippen LogP contribution in [0.25, 0.3) is 0 Å². The number of rotatable bonds is 16. The van der Waals surface area contributed by atoms with Crippen molar-refractivity contribution in [1.29, 1.82) is 0 Å². The van der Waals surface area contributed by atoms with Gasteiger partial charge >= 0.3 is 0 Å². The first-order valence-electron chi connectivity index (χ1n) is 9.26. The van der Waals surface area contributed by atoms with Gasteiger partial charge < -0.3 is 10.4 Å². The highest BCUT2D eigenvalue weighted by molar-refractivity contribution is 4.93. The van der Waals surface area contributed by atoms with Crippen molar-refractivity contribution < 1.29 is 5.11 Å². The van der Waals surface area contributed by atoms with Crippen molar-refractivity contribution in [1.82, 2.24) is 5.32 Å². The van der Waals surface area contributed by atoms with Gasteiger partial charge in [-0.15, -0.1) is 0 Å². The van der Waals surface area contributed by atoms with Crippen LogP contribution in [0.4, 0.5) is 0 Å². The number of unbranched alkanes of at least 4 members (excludes halogenated alkanes) is 7. The quantitative estimate of drug-likeness (QED) is 0.302. The molecule has 0 heterocycles. The van der Waals surface area contributed by atoms with E-state index in [9.17, 15) is 5.11 Å². The third-order valence-electron chi connectivity index (χ3n) is 4.03. The van der Waals surface area contributed by atoms with Crippen LogP contribution < -0.4 is 5.32 Å². The van der Waals surface area contributed by atoms with Gasteiger partial charge in [-0.05, 0) is 25.8 Å². The van der Waals surface area contributed by atoms with E-state index in [0.29, 0.717) is 0 Å². The molecule has 0 saturated carbocycles. The molecule has 1 unspecified atom stereocenters. The highest BCUT2D eigenvalue weighted by Crippen LogP contribution is 2.10. The average molecular weight is 298 g/mol. The van der Waals surface area contributed by atoms with Crippen molar-refractivity contribution in [3.63, 3.8) is 0 Å². The molecule has 0 aromatic rings. The zero-order valence-corrected chi connectivity index (χ0v) is 14.6.